The largest absolute Gasteiger partial charge is 0.444 e. The first kappa shape index (κ1) is 20.2. The van der Waals surface area contributed by atoms with Gasteiger partial charge in [-0.1, -0.05) is 24.4 Å². The van der Waals surface area contributed by atoms with Crippen LogP contribution in [0.5, 0.6) is 0 Å². The first-order valence-corrected chi connectivity index (χ1v) is 8.20. The zero-order valence-corrected chi connectivity index (χ0v) is 15.0. The van der Waals surface area contributed by atoms with E-state index in [9.17, 15) is 14.0 Å². The molecule has 2 rings (SSSR count). The smallest absolute Gasteiger partial charge is 0.407 e. The van der Waals surface area contributed by atoms with Crippen LogP contribution in [0.25, 0.3) is 0 Å². The third-order valence-corrected chi connectivity index (χ3v) is 3.44. The number of halogens is 2. The second-order valence-electron chi connectivity index (χ2n) is 6.65. The summed E-state index contributed by atoms with van der Waals surface area (Å²) in [5.41, 5.74) is 4.58. The maximum absolute atomic E-state index is 12.5. The predicted octanol–water partition coefficient (Wildman–Crippen LogP) is 4.03. The van der Waals surface area contributed by atoms with E-state index in [1.165, 1.54) is 18.9 Å². The van der Waals surface area contributed by atoms with E-state index < -0.39 is 11.7 Å². The number of nitrogens with one attached hydrogen (secondary N) is 1. The van der Waals surface area contributed by atoms with Crippen LogP contribution in [-0.4, -0.2) is 23.6 Å². The molecular formula is C17H24ClFN2O3. The van der Waals surface area contributed by atoms with E-state index in [0.29, 0.717) is 6.04 Å². The zero-order valence-electron chi connectivity index (χ0n) is 14.2. The molecule has 0 aromatic heterocycles. The Morgan fingerprint density at radius 2 is 1.83 bits per heavy atom. The summed E-state index contributed by atoms with van der Waals surface area (Å²) >= 11 is 5.45. The fourth-order valence-electron chi connectivity index (χ4n) is 2.24. The first-order chi connectivity index (χ1) is 11.1. The zero-order chi connectivity index (χ0) is 18.3. The monoisotopic (exact) mass is 358 g/mol. The Kier molecular flexibility index (Phi) is 7.48. The molecule has 0 bridgehead atoms. The summed E-state index contributed by atoms with van der Waals surface area (Å²) in [6, 6.07) is 3.80. The second kappa shape index (κ2) is 8.87. The van der Waals surface area contributed by atoms with E-state index in [1.54, 1.807) is 0 Å². The topological polar surface area (TPSA) is 81.4 Å². The van der Waals surface area contributed by atoms with Crippen LogP contribution in [0.4, 0.5) is 9.18 Å². The number of amides is 2. The van der Waals surface area contributed by atoms with Crippen molar-refractivity contribution >= 4 is 23.6 Å². The van der Waals surface area contributed by atoms with Crippen molar-refractivity contribution in [1.29, 1.82) is 0 Å². The number of carbonyl (C=O) groups is 2. The van der Waals surface area contributed by atoms with Crippen molar-refractivity contribution in [3.63, 3.8) is 0 Å². The van der Waals surface area contributed by atoms with Gasteiger partial charge in [-0.15, -0.1) is 0 Å². The maximum atomic E-state index is 12.5. The van der Waals surface area contributed by atoms with Crippen molar-refractivity contribution in [2.45, 2.75) is 58.1 Å². The van der Waals surface area contributed by atoms with Gasteiger partial charge >= 0.3 is 6.09 Å². The van der Waals surface area contributed by atoms with Crippen LogP contribution >= 0.6 is 11.6 Å². The Hall–Kier alpha value is -1.82. The highest BCUT2D eigenvalue weighted by Gasteiger charge is 2.21. The molecule has 134 valence electrons. The molecular weight excluding hydrogens is 335 g/mol. The average Bonchev–Trinajstić information content (AvgIpc) is 2.88. The van der Waals surface area contributed by atoms with Gasteiger partial charge in [-0.3, -0.25) is 4.79 Å². The van der Waals surface area contributed by atoms with Crippen molar-refractivity contribution in [1.82, 2.24) is 5.32 Å². The minimum absolute atomic E-state index is 0.0787. The van der Waals surface area contributed by atoms with Gasteiger partial charge in [0.2, 0.25) is 5.91 Å². The summed E-state index contributed by atoms with van der Waals surface area (Å²) in [6.45, 7) is 5.63. The third kappa shape index (κ3) is 8.15. The number of carbonyl (C=O) groups excluding carboxylic acids is 2. The third-order valence-electron chi connectivity index (χ3n) is 3.22. The van der Waals surface area contributed by atoms with Gasteiger partial charge in [0.25, 0.3) is 0 Å². The Labute approximate surface area is 146 Å². The minimum atomic E-state index is -0.689. The predicted molar refractivity (Wildman–Crippen MR) is 91.6 cm³/mol. The van der Waals surface area contributed by atoms with Crippen LogP contribution in [0.1, 0.15) is 56.8 Å². The molecule has 1 fully saturated rings. The molecule has 0 spiro atoms. The number of hydrogen-bond acceptors (Lipinski definition) is 3. The van der Waals surface area contributed by atoms with Gasteiger partial charge in [0.15, 0.2) is 0 Å². The molecule has 0 radical (unpaired) electrons. The van der Waals surface area contributed by atoms with Crippen LogP contribution in [-0.2, 0) is 4.74 Å². The number of hydrogen-bond donors (Lipinski definition) is 2. The summed E-state index contributed by atoms with van der Waals surface area (Å²) in [5.74, 6) is -1.25. The van der Waals surface area contributed by atoms with E-state index in [4.69, 9.17) is 22.1 Å². The molecule has 1 aromatic rings. The lowest BCUT2D eigenvalue weighted by molar-refractivity contribution is 0.0505. The summed E-state index contributed by atoms with van der Waals surface area (Å²) in [4.78, 5) is 21.8. The second-order valence-corrected chi connectivity index (χ2v) is 7.09. The highest BCUT2D eigenvalue weighted by atomic mass is 35.5. The van der Waals surface area contributed by atoms with Crippen LogP contribution in [0.2, 0.25) is 5.02 Å². The summed E-state index contributed by atoms with van der Waals surface area (Å²) < 4.78 is 17.6. The summed E-state index contributed by atoms with van der Waals surface area (Å²) in [6.07, 6.45) is 4.36. The molecule has 2 amide bonds. The molecule has 1 aliphatic rings. The fourth-order valence-corrected chi connectivity index (χ4v) is 2.46. The quantitative estimate of drug-likeness (QED) is 0.837. The van der Waals surface area contributed by atoms with E-state index in [1.807, 2.05) is 20.8 Å². The molecule has 1 aliphatic carbocycles. The van der Waals surface area contributed by atoms with Crippen LogP contribution < -0.4 is 11.1 Å². The van der Waals surface area contributed by atoms with Crippen molar-refractivity contribution < 1.29 is 18.7 Å². The molecule has 24 heavy (non-hydrogen) atoms. The molecule has 0 heterocycles. The van der Waals surface area contributed by atoms with Crippen LogP contribution in [0.3, 0.4) is 0 Å². The van der Waals surface area contributed by atoms with Crippen molar-refractivity contribution in [2.75, 3.05) is 0 Å². The number of benzene rings is 1. The van der Waals surface area contributed by atoms with Crippen LogP contribution in [0, 0.1) is 5.82 Å². The van der Waals surface area contributed by atoms with E-state index in [2.05, 4.69) is 5.32 Å². The van der Waals surface area contributed by atoms with E-state index in [0.717, 1.165) is 25.0 Å². The molecule has 0 atom stereocenters. The van der Waals surface area contributed by atoms with Gasteiger partial charge in [0.1, 0.15) is 11.4 Å². The van der Waals surface area contributed by atoms with Crippen LogP contribution in [0.15, 0.2) is 18.2 Å². The highest BCUT2D eigenvalue weighted by Crippen LogP contribution is 2.18. The highest BCUT2D eigenvalue weighted by molar-refractivity contribution is 6.30. The number of primary amides is 1. The molecule has 3 N–H and O–H groups in total. The fraction of sp³-hybridized carbons (Fsp3) is 0.529. The number of ether oxygens (including phenoxy) is 1. The van der Waals surface area contributed by atoms with Gasteiger partial charge in [0, 0.05) is 16.6 Å². The van der Waals surface area contributed by atoms with E-state index in [-0.39, 0.29) is 22.3 Å². The minimum Gasteiger partial charge on any atom is -0.444 e. The number of nitrogens with two attached hydrogens (primary N) is 1. The standard InChI is InChI=1S/C10H19NO2.C7H5ClFNO/c1-10(2,3)13-9(12)11-8-6-4-5-7-8;8-5-1-4(7(10)11)2-6(9)3-5/h8H,4-7H2,1-3H3,(H,11,12);1-3H,(H2,10,11). The van der Waals surface area contributed by atoms with Gasteiger partial charge in [-0.05, 0) is 51.8 Å². The number of rotatable bonds is 2. The van der Waals surface area contributed by atoms with Gasteiger partial charge in [-0.2, -0.15) is 0 Å². The van der Waals surface area contributed by atoms with E-state index >= 15 is 0 Å². The molecule has 0 aliphatic heterocycles. The maximum Gasteiger partial charge on any atom is 0.407 e. The lowest BCUT2D eigenvalue weighted by atomic mass is 10.2. The van der Waals surface area contributed by atoms with Gasteiger partial charge < -0.3 is 15.8 Å². The van der Waals surface area contributed by atoms with Crippen molar-refractivity contribution in [3.8, 4) is 0 Å². The Balaban J connectivity index is 0.000000243. The molecule has 1 aromatic carbocycles. The van der Waals surface area contributed by atoms with Crippen molar-refractivity contribution in [3.05, 3.63) is 34.6 Å². The molecule has 1 saturated carbocycles. The lowest BCUT2D eigenvalue weighted by Gasteiger charge is -2.21. The Morgan fingerprint density at radius 3 is 2.29 bits per heavy atom. The van der Waals surface area contributed by atoms with Gasteiger partial charge in [-0.25, -0.2) is 9.18 Å². The average molecular weight is 359 g/mol. The summed E-state index contributed by atoms with van der Waals surface area (Å²) in [7, 11) is 0. The van der Waals surface area contributed by atoms with Crippen molar-refractivity contribution in [2.24, 2.45) is 5.73 Å². The molecule has 5 nitrogen and oxygen atoms in total. The lowest BCUT2D eigenvalue weighted by Crippen LogP contribution is -2.37. The molecule has 0 saturated heterocycles. The molecule has 7 heteroatoms. The normalized spacial score (nSPS) is 14.5. The Morgan fingerprint density at radius 1 is 1.25 bits per heavy atom. The SMILES string of the molecule is CC(C)(C)OC(=O)NC1CCCC1.NC(=O)c1cc(F)cc(Cl)c1. The van der Waals surface area contributed by atoms with Gasteiger partial charge in [0.05, 0.1) is 0 Å². The summed E-state index contributed by atoms with van der Waals surface area (Å²) in [5, 5.41) is 3.04. The molecule has 0 unspecified atom stereocenters. The Bertz CT molecular complexity index is 561. The first-order valence-electron chi connectivity index (χ1n) is 7.82. The number of alkyl carbamates (subject to hydrolysis) is 1.